The first-order valence-corrected chi connectivity index (χ1v) is 9.99. The Kier molecular flexibility index (Phi) is 11.0. The molecular weight excluding hydrogens is 517 g/mol. The van der Waals surface area contributed by atoms with E-state index in [-0.39, 0.29) is 29.7 Å². The molecular formula is C22H29F2IN4O2. The highest BCUT2D eigenvalue weighted by atomic mass is 127. The Bertz CT molecular complexity index is 815. The standard InChI is InChI=1S/C22H28F2N4O2.HI/c1-25-22(27-15-19-4-2-3-5-20(19)30-21(23)24)26-14-17-6-8-18(9-7-17)16-28-10-12-29-13-11-28;/h2-9,21H,10-16H2,1H3,(H2,25,26,27);1H. The van der Waals surface area contributed by atoms with Gasteiger partial charge in [-0.15, -0.1) is 24.0 Å². The second kappa shape index (κ2) is 13.4. The normalized spacial score (nSPS) is 14.8. The first-order valence-electron chi connectivity index (χ1n) is 9.99. The average Bonchev–Trinajstić information content (AvgIpc) is 2.76. The van der Waals surface area contributed by atoms with Gasteiger partial charge in [-0.3, -0.25) is 9.89 Å². The van der Waals surface area contributed by atoms with E-state index in [1.807, 2.05) is 0 Å². The Morgan fingerprint density at radius 1 is 1.03 bits per heavy atom. The largest absolute Gasteiger partial charge is 0.434 e. The van der Waals surface area contributed by atoms with Crippen LogP contribution in [0.15, 0.2) is 53.5 Å². The van der Waals surface area contributed by atoms with E-state index in [0.29, 0.717) is 24.6 Å². The van der Waals surface area contributed by atoms with Crippen molar-refractivity contribution in [1.29, 1.82) is 0 Å². The fourth-order valence-electron chi connectivity index (χ4n) is 3.23. The van der Waals surface area contributed by atoms with Crippen LogP contribution in [0.5, 0.6) is 5.75 Å². The molecule has 0 amide bonds. The number of benzene rings is 2. The lowest BCUT2D eigenvalue weighted by atomic mass is 10.1. The maximum atomic E-state index is 12.5. The van der Waals surface area contributed by atoms with E-state index >= 15 is 0 Å². The Morgan fingerprint density at radius 3 is 2.35 bits per heavy atom. The van der Waals surface area contributed by atoms with E-state index in [1.165, 1.54) is 11.6 Å². The van der Waals surface area contributed by atoms with Crippen molar-refractivity contribution in [1.82, 2.24) is 15.5 Å². The lowest BCUT2D eigenvalue weighted by Gasteiger charge is -2.26. The molecule has 1 fully saturated rings. The Morgan fingerprint density at radius 2 is 1.68 bits per heavy atom. The third-order valence-corrected chi connectivity index (χ3v) is 4.85. The van der Waals surface area contributed by atoms with E-state index in [2.05, 4.69) is 49.5 Å². The second-order valence-corrected chi connectivity index (χ2v) is 6.97. The molecule has 1 heterocycles. The van der Waals surface area contributed by atoms with E-state index < -0.39 is 6.61 Å². The molecule has 0 bridgehead atoms. The lowest BCUT2D eigenvalue weighted by Crippen LogP contribution is -2.36. The van der Waals surface area contributed by atoms with Crippen LogP contribution in [0.25, 0.3) is 0 Å². The predicted molar refractivity (Wildman–Crippen MR) is 128 cm³/mol. The molecule has 170 valence electrons. The van der Waals surface area contributed by atoms with Crippen LogP contribution >= 0.6 is 24.0 Å². The highest BCUT2D eigenvalue weighted by Crippen LogP contribution is 2.19. The zero-order valence-electron chi connectivity index (χ0n) is 17.5. The van der Waals surface area contributed by atoms with Gasteiger partial charge in [0.1, 0.15) is 5.75 Å². The van der Waals surface area contributed by atoms with Gasteiger partial charge in [0.2, 0.25) is 0 Å². The molecule has 2 aromatic carbocycles. The van der Waals surface area contributed by atoms with Gasteiger partial charge in [0.15, 0.2) is 5.96 Å². The maximum Gasteiger partial charge on any atom is 0.387 e. The molecule has 0 radical (unpaired) electrons. The van der Waals surface area contributed by atoms with E-state index in [4.69, 9.17) is 4.74 Å². The van der Waals surface area contributed by atoms with Crippen molar-refractivity contribution in [2.24, 2.45) is 4.99 Å². The molecule has 0 spiro atoms. The highest BCUT2D eigenvalue weighted by Gasteiger charge is 2.11. The summed E-state index contributed by atoms with van der Waals surface area (Å²) in [6, 6.07) is 15.2. The van der Waals surface area contributed by atoms with Gasteiger partial charge >= 0.3 is 6.61 Å². The molecule has 31 heavy (non-hydrogen) atoms. The molecule has 3 rings (SSSR count). The summed E-state index contributed by atoms with van der Waals surface area (Å²) in [5.41, 5.74) is 3.04. The number of halogens is 3. The highest BCUT2D eigenvalue weighted by molar-refractivity contribution is 14.0. The average molecular weight is 546 g/mol. The molecule has 0 saturated carbocycles. The number of morpholine rings is 1. The van der Waals surface area contributed by atoms with Crippen molar-refractivity contribution in [2.45, 2.75) is 26.2 Å². The minimum Gasteiger partial charge on any atom is -0.434 e. The number of rotatable bonds is 8. The summed E-state index contributed by atoms with van der Waals surface area (Å²) >= 11 is 0. The number of guanidine groups is 1. The summed E-state index contributed by atoms with van der Waals surface area (Å²) in [7, 11) is 1.67. The maximum absolute atomic E-state index is 12.5. The van der Waals surface area contributed by atoms with E-state index in [9.17, 15) is 8.78 Å². The molecule has 1 aliphatic heterocycles. The summed E-state index contributed by atoms with van der Waals surface area (Å²) in [6.45, 7) is 2.54. The first-order chi connectivity index (χ1) is 14.6. The van der Waals surface area contributed by atoms with Crippen LogP contribution in [-0.4, -0.2) is 50.8 Å². The lowest BCUT2D eigenvalue weighted by molar-refractivity contribution is -0.0504. The summed E-state index contributed by atoms with van der Waals surface area (Å²) in [6.07, 6.45) is 0. The van der Waals surface area contributed by atoms with Crippen molar-refractivity contribution in [3.8, 4) is 5.75 Å². The van der Waals surface area contributed by atoms with Crippen LogP contribution < -0.4 is 15.4 Å². The van der Waals surface area contributed by atoms with Gasteiger partial charge in [-0.05, 0) is 17.2 Å². The number of hydrogen-bond donors (Lipinski definition) is 2. The van der Waals surface area contributed by atoms with Crippen LogP contribution in [0.3, 0.4) is 0 Å². The second-order valence-electron chi connectivity index (χ2n) is 6.97. The minimum absolute atomic E-state index is 0. The Labute approximate surface area is 199 Å². The van der Waals surface area contributed by atoms with Gasteiger partial charge in [-0.2, -0.15) is 8.78 Å². The summed E-state index contributed by atoms with van der Waals surface area (Å²) in [5, 5.41) is 6.37. The Hall–Kier alpha value is -1.98. The van der Waals surface area contributed by atoms with Crippen LogP contribution in [0.4, 0.5) is 8.78 Å². The van der Waals surface area contributed by atoms with Crippen molar-refractivity contribution >= 4 is 29.9 Å². The third-order valence-electron chi connectivity index (χ3n) is 4.85. The fraction of sp³-hybridized carbons (Fsp3) is 0.409. The van der Waals surface area contributed by atoms with Crippen molar-refractivity contribution in [2.75, 3.05) is 33.4 Å². The molecule has 0 unspecified atom stereocenters. The zero-order valence-corrected chi connectivity index (χ0v) is 19.9. The number of nitrogens with one attached hydrogen (secondary N) is 2. The SMILES string of the molecule is CN=C(NCc1ccc(CN2CCOCC2)cc1)NCc1ccccc1OC(F)F.I. The zero-order chi connectivity index (χ0) is 21.2. The minimum atomic E-state index is -2.85. The van der Waals surface area contributed by atoms with Crippen LogP contribution in [-0.2, 0) is 24.4 Å². The molecule has 1 saturated heterocycles. The molecule has 0 aliphatic carbocycles. The van der Waals surface area contributed by atoms with E-state index in [0.717, 1.165) is 38.4 Å². The molecule has 6 nitrogen and oxygen atoms in total. The number of aliphatic imine (C=N–C) groups is 1. The molecule has 2 aromatic rings. The van der Waals surface area contributed by atoms with E-state index in [1.54, 1.807) is 25.2 Å². The van der Waals surface area contributed by atoms with Crippen molar-refractivity contribution < 1.29 is 18.3 Å². The molecule has 9 heteroatoms. The predicted octanol–water partition coefficient (Wildman–Crippen LogP) is 3.60. The first kappa shape index (κ1) is 25.3. The molecule has 0 aromatic heterocycles. The topological polar surface area (TPSA) is 58.1 Å². The summed E-state index contributed by atoms with van der Waals surface area (Å²) in [5.74, 6) is 0.741. The molecule has 1 aliphatic rings. The monoisotopic (exact) mass is 546 g/mol. The van der Waals surface area contributed by atoms with Crippen molar-refractivity contribution in [3.63, 3.8) is 0 Å². The third kappa shape index (κ3) is 8.58. The Balaban J connectivity index is 0.00000341. The van der Waals surface area contributed by atoms with Crippen molar-refractivity contribution in [3.05, 3.63) is 65.2 Å². The molecule has 0 atom stereocenters. The summed E-state index contributed by atoms with van der Waals surface area (Å²) < 4.78 is 35.0. The van der Waals surface area contributed by atoms with Gasteiger partial charge in [-0.25, -0.2) is 0 Å². The van der Waals surface area contributed by atoms with Crippen LogP contribution in [0, 0.1) is 0 Å². The number of alkyl halides is 2. The smallest absolute Gasteiger partial charge is 0.387 e. The van der Waals surface area contributed by atoms with Gasteiger partial charge < -0.3 is 20.1 Å². The number of para-hydroxylation sites is 1. The number of nitrogens with zero attached hydrogens (tertiary/aromatic N) is 2. The number of ether oxygens (including phenoxy) is 2. The van der Waals surface area contributed by atoms with Gasteiger partial charge in [-0.1, -0.05) is 42.5 Å². The van der Waals surface area contributed by atoms with Gasteiger partial charge in [0.05, 0.1) is 13.2 Å². The fourth-order valence-corrected chi connectivity index (χ4v) is 3.23. The van der Waals surface area contributed by atoms with Gasteiger partial charge in [0, 0.05) is 45.3 Å². The molecule has 2 N–H and O–H groups in total. The van der Waals surface area contributed by atoms with Crippen LogP contribution in [0.2, 0.25) is 0 Å². The number of hydrogen-bond acceptors (Lipinski definition) is 4. The van der Waals surface area contributed by atoms with Gasteiger partial charge in [0.25, 0.3) is 0 Å². The quantitative estimate of drug-likeness (QED) is 0.301. The summed E-state index contributed by atoms with van der Waals surface area (Å²) in [4.78, 5) is 6.58. The van der Waals surface area contributed by atoms with Crippen LogP contribution in [0.1, 0.15) is 16.7 Å².